The molecule has 2 aromatic heterocycles. The number of hydrogen-bond donors (Lipinski definition) is 2. The van der Waals surface area contributed by atoms with Crippen LogP contribution in [0.3, 0.4) is 0 Å². The van der Waals surface area contributed by atoms with E-state index >= 15 is 0 Å². The second kappa shape index (κ2) is 35.5. The highest BCUT2D eigenvalue weighted by atomic mass is 16.6. The first-order chi connectivity index (χ1) is 31.9. The van der Waals surface area contributed by atoms with Crippen LogP contribution in [-0.4, -0.2) is 74.6 Å². The Kier molecular flexibility index (Phi) is 31.4. The molecule has 5 rings (SSSR count). The summed E-state index contributed by atoms with van der Waals surface area (Å²) < 4.78 is 23.8. The minimum absolute atomic E-state index is 0.258. The van der Waals surface area contributed by atoms with Crippen molar-refractivity contribution >= 4 is 34.9 Å². The topological polar surface area (TPSA) is 159 Å². The van der Waals surface area contributed by atoms with Crippen LogP contribution in [0.4, 0.5) is 0 Å². The lowest BCUT2D eigenvalue weighted by molar-refractivity contribution is -0.156. The van der Waals surface area contributed by atoms with E-state index in [9.17, 15) is 24.3 Å². The van der Waals surface area contributed by atoms with Gasteiger partial charge in [-0.2, -0.15) is 0 Å². The summed E-state index contributed by atoms with van der Waals surface area (Å²) >= 11 is 0. The van der Waals surface area contributed by atoms with E-state index < -0.39 is 23.9 Å². The Morgan fingerprint density at radius 1 is 0.485 bits per heavy atom. The van der Waals surface area contributed by atoms with Gasteiger partial charge in [-0.15, -0.1) is 27.2 Å². The number of aryl methyl sites for hydroxylation is 3. The molecule has 13 heteroatoms. The molecule has 66 heavy (non-hydrogen) atoms. The van der Waals surface area contributed by atoms with Crippen molar-refractivity contribution in [3.63, 3.8) is 0 Å². The predicted octanol–water partition coefficient (Wildman–Crippen LogP) is 12.5. The Balaban J connectivity index is 0.000000454. The van der Waals surface area contributed by atoms with E-state index in [0.29, 0.717) is 37.9 Å². The first-order valence-electron chi connectivity index (χ1n) is 24.1. The van der Waals surface area contributed by atoms with Gasteiger partial charge in [0.25, 0.3) is 0 Å². The molecule has 0 atom stereocenters. The van der Waals surface area contributed by atoms with E-state index in [0.717, 1.165) is 68.2 Å². The number of phenols is 2. The molecule has 2 heterocycles. The van der Waals surface area contributed by atoms with Crippen LogP contribution in [0.5, 0.6) is 11.5 Å². The Morgan fingerprint density at radius 3 is 1.23 bits per heavy atom. The molecule has 2 N–H and O–H groups in total. The molecule has 0 aliphatic rings. The first-order valence-corrected chi connectivity index (χ1v) is 24.1. The Labute approximate surface area is 394 Å². The van der Waals surface area contributed by atoms with Crippen molar-refractivity contribution in [3.8, 4) is 17.2 Å². The van der Waals surface area contributed by atoms with Gasteiger partial charge in [0, 0.05) is 0 Å². The maximum atomic E-state index is 11.5. The van der Waals surface area contributed by atoms with Gasteiger partial charge in [-0.05, 0) is 87.9 Å². The van der Waals surface area contributed by atoms with E-state index in [1.165, 1.54) is 68.0 Å². The summed E-state index contributed by atoms with van der Waals surface area (Å²) in [5.74, 6) is -1.25. The molecule has 5 aromatic rings. The van der Waals surface area contributed by atoms with Gasteiger partial charge in [-0.25, -0.2) is 0 Å². The van der Waals surface area contributed by atoms with Crippen molar-refractivity contribution in [2.75, 3.05) is 26.4 Å². The van der Waals surface area contributed by atoms with Crippen LogP contribution in [0.25, 0.3) is 16.7 Å². The summed E-state index contributed by atoms with van der Waals surface area (Å²) in [6.45, 7) is 21.9. The zero-order valence-electron chi connectivity index (χ0n) is 41.2. The lowest BCUT2D eigenvalue weighted by Crippen LogP contribution is -2.15. The number of carbonyl (C=O) groups excluding carboxylic acids is 4. The van der Waals surface area contributed by atoms with Crippen LogP contribution in [0.2, 0.25) is 0 Å². The van der Waals surface area contributed by atoms with Crippen molar-refractivity contribution < 1.29 is 48.3 Å². The molecule has 13 nitrogen and oxygen atoms in total. The summed E-state index contributed by atoms with van der Waals surface area (Å²) in [6, 6.07) is 19.3. The van der Waals surface area contributed by atoms with Gasteiger partial charge < -0.3 is 29.2 Å². The van der Waals surface area contributed by atoms with Gasteiger partial charge in [0.1, 0.15) is 41.1 Å². The maximum absolute atomic E-state index is 11.5. The average molecular weight is 920 g/mol. The van der Waals surface area contributed by atoms with E-state index in [1.807, 2.05) is 85.1 Å². The average Bonchev–Trinajstić information content (AvgIpc) is 3.97. The molecule has 0 unspecified atom stereocenters. The molecule has 3 aromatic carbocycles. The molecule has 0 aliphatic carbocycles. The molecule has 0 saturated carbocycles. The fourth-order valence-corrected chi connectivity index (χ4v) is 6.37. The number of esters is 4. The number of rotatable bonds is 25. The largest absolute Gasteiger partial charge is 0.508 e. The Bertz CT molecular complexity index is 1930. The number of benzene rings is 3. The van der Waals surface area contributed by atoms with Crippen LogP contribution in [0, 0.1) is 20.8 Å². The summed E-state index contributed by atoms with van der Waals surface area (Å²) in [7, 11) is 0. The highest BCUT2D eigenvalue weighted by Gasteiger charge is 2.25. The minimum Gasteiger partial charge on any atom is -0.508 e. The molecule has 0 fully saturated rings. The fraction of sp³-hybridized carbons (Fsp3) is 0.547. The summed E-state index contributed by atoms with van der Waals surface area (Å²) in [5.41, 5.74) is 6.42. The quantitative estimate of drug-likeness (QED) is 0.0190. The van der Waals surface area contributed by atoms with Crippen LogP contribution >= 0.6 is 0 Å². The third-order valence-corrected chi connectivity index (χ3v) is 10.1. The van der Waals surface area contributed by atoms with Crippen LogP contribution in [0.1, 0.15) is 160 Å². The Hall–Kier alpha value is -5.72. The SMILES string of the molecule is C=C.CCCCCCCCOC(=O)CC(=O)OCCCCCCCC.CCCCOC(=O)CC(=O)OCCCC.Cc1cc(C)c(O)c(-n2n3c4ccccc4n23)c1.Cc1ccc(O)cc1. The smallest absolute Gasteiger partial charge is 0.317 e. The number of nitrogens with zero attached hydrogens (tertiary/aromatic N) is 3. The number of phenolic OH excluding ortho intramolecular Hbond substituents is 2. The second-order valence-electron chi connectivity index (χ2n) is 16.1. The molecule has 0 aliphatic heterocycles. The van der Waals surface area contributed by atoms with Crippen molar-refractivity contribution in [1.29, 1.82) is 0 Å². The van der Waals surface area contributed by atoms with Crippen molar-refractivity contribution in [1.82, 2.24) is 14.1 Å². The van der Waals surface area contributed by atoms with Gasteiger partial charge in [-0.3, -0.25) is 19.2 Å². The normalized spacial score (nSPS) is 10.3. The molecule has 368 valence electrons. The zero-order chi connectivity index (χ0) is 49.1. The molecule has 0 amide bonds. The number of fused-ring (bicyclic) bond motifs is 4. The Morgan fingerprint density at radius 2 is 0.848 bits per heavy atom. The highest BCUT2D eigenvalue weighted by Crippen LogP contribution is 2.33. The van der Waals surface area contributed by atoms with Crippen LogP contribution in [0.15, 0.2) is 73.8 Å². The third kappa shape index (κ3) is 24.0. The molecule has 0 spiro atoms. The maximum Gasteiger partial charge on any atom is 0.317 e. The molecular formula is C53H81N3O10. The van der Waals surface area contributed by atoms with Gasteiger partial charge in [0.15, 0.2) is 0 Å². The molecule has 0 bridgehead atoms. The summed E-state index contributed by atoms with van der Waals surface area (Å²) in [6.07, 6.45) is 16.8. The van der Waals surface area contributed by atoms with E-state index in [4.69, 9.17) is 24.1 Å². The van der Waals surface area contributed by atoms with Crippen LogP contribution in [-0.2, 0) is 38.1 Å². The summed E-state index contributed by atoms with van der Waals surface area (Å²) in [5, 5.41) is 18.9. The number of para-hydroxylation sites is 2. The number of unbranched alkanes of at least 4 members (excludes halogenated alkanes) is 12. The standard InChI is InChI=1S/C19H36O4.C14H13N3O.C11H20O4.C7H8O.C2H4/c1-3-5-7-9-11-13-15-22-18(20)17-19(21)23-16-14-12-10-8-6-4-2;1-9-7-10(2)14(18)13(8-9)17-15-11-5-3-4-6-12(11)16(15)17;1-3-5-7-14-10(12)9-11(13)15-8-6-4-2;1-6-2-4-7(8)5-3-6;1-2/h3-17H2,1-2H3;3-8,18H,1-2H3;3-9H2,1-2H3;2-5,8H,1H3;1-2H2. The minimum atomic E-state index is -0.495. The van der Waals surface area contributed by atoms with E-state index in [1.54, 1.807) is 12.1 Å². The van der Waals surface area contributed by atoms with Gasteiger partial charge in [0.05, 0.1) is 26.4 Å². The lowest BCUT2D eigenvalue weighted by Gasteiger charge is -2.06. The predicted molar refractivity (Wildman–Crippen MR) is 264 cm³/mol. The van der Waals surface area contributed by atoms with Crippen molar-refractivity contribution in [2.45, 2.75) is 164 Å². The zero-order valence-corrected chi connectivity index (χ0v) is 41.2. The number of ether oxygens (including phenoxy) is 4. The van der Waals surface area contributed by atoms with Gasteiger partial charge in [-0.1, -0.05) is 141 Å². The van der Waals surface area contributed by atoms with Crippen molar-refractivity contribution in [3.05, 3.63) is 90.5 Å². The number of carbonyl (C=O) groups is 4. The monoisotopic (exact) mass is 920 g/mol. The number of hydrogen-bond acceptors (Lipinski definition) is 10. The lowest BCUT2D eigenvalue weighted by atomic mass is 10.1. The molecular weight excluding hydrogens is 839 g/mol. The van der Waals surface area contributed by atoms with Crippen molar-refractivity contribution in [2.24, 2.45) is 0 Å². The third-order valence-electron chi connectivity index (χ3n) is 10.1. The highest BCUT2D eigenvalue weighted by molar-refractivity contribution is 5.91. The fourth-order valence-electron chi connectivity index (χ4n) is 6.37. The first kappa shape index (κ1) is 58.3. The van der Waals surface area contributed by atoms with E-state index in [2.05, 4.69) is 39.1 Å². The van der Waals surface area contributed by atoms with Gasteiger partial charge >= 0.3 is 23.9 Å². The molecule has 0 saturated heterocycles. The molecule has 0 radical (unpaired) electrons. The van der Waals surface area contributed by atoms with Crippen LogP contribution < -0.4 is 0 Å². The number of aromatic hydroxyl groups is 2. The van der Waals surface area contributed by atoms with E-state index in [-0.39, 0.29) is 12.8 Å². The number of aromatic nitrogens is 3. The van der Waals surface area contributed by atoms with Gasteiger partial charge in [0.2, 0.25) is 0 Å². The second-order valence-corrected chi connectivity index (χ2v) is 16.1. The summed E-state index contributed by atoms with van der Waals surface area (Å²) in [4.78, 5) is 47.0.